The van der Waals surface area contributed by atoms with Crippen molar-refractivity contribution in [3.63, 3.8) is 0 Å². The van der Waals surface area contributed by atoms with E-state index in [1.54, 1.807) is 0 Å². The summed E-state index contributed by atoms with van der Waals surface area (Å²) in [6.45, 7) is 9.37. The molecule has 1 aliphatic heterocycles. The minimum atomic E-state index is 0.151. The third-order valence-corrected chi connectivity index (χ3v) is 4.12. The summed E-state index contributed by atoms with van der Waals surface area (Å²) in [7, 11) is 0. The summed E-state index contributed by atoms with van der Waals surface area (Å²) in [5, 5.41) is 7.46. The topological polar surface area (TPSA) is 33.3 Å². The average molecular weight is 276 g/mol. The normalized spacial score (nSPS) is 20.0. The molecule has 2 rings (SSSR count). The number of rotatable bonds is 6. The molecule has 2 N–H and O–H groups in total. The molecule has 1 aromatic carbocycles. The highest BCUT2D eigenvalue weighted by Gasteiger charge is 2.33. The van der Waals surface area contributed by atoms with Crippen molar-refractivity contribution >= 4 is 0 Å². The van der Waals surface area contributed by atoms with Crippen molar-refractivity contribution in [3.8, 4) is 0 Å². The molecule has 0 aromatic heterocycles. The van der Waals surface area contributed by atoms with Crippen LogP contribution < -0.4 is 10.6 Å². The first kappa shape index (κ1) is 15.5. The second-order valence-electron chi connectivity index (χ2n) is 6.21. The number of hydrogen-bond donors (Lipinski definition) is 2. The van der Waals surface area contributed by atoms with Crippen LogP contribution in [0.4, 0.5) is 0 Å². The predicted octanol–water partition coefficient (Wildman–Crippen LogP) is 2.88. The molecule has 0 amide bonds. The van der Waals surface area contributed by atoms with Crippen molar-refractivity contribution in [3.05, 3.63) is 35.9 Å². The van der Waals surface area contributed by atoms with Crippen molar-refractivity contribution in [2.75, 3.05) is 19.8 Å². The molecule has 1 aromatic rings. The van der Waals surface area contributed by atoms with E-state index in [2.05, 4.69) is 61.7 Å². The number of nitrogens with one attached hydrogen (secondary N) is 2. The zero-order chi connectivity index (χ0) is 14.4. The Labute approximate surface area is 123 Å². The summed E-state index contributed by atoms with van der Waals surface area (Å²) in [6.07, 6.45) is 2.15. The summed E-state index contributed by atoms with van der Waals surface area (Å²) < 4.78 is 5.55. The SMILES string of the molecule is CC(C)NCC1(N[C@H](C)c2ccccc2)CCOCC1. The van der Waals surface area contributed by atoms with Gasteiger partial charge in [0, 0.05) is 37.4 Å². The van der Waals surface area contributed by atoms with Gasteiger partial charge in [-0.2, -0.15) is 0 Å². The molecule has 1 heterocycles. The van der Waals surface area contributed by atoms with E-state index >= 15 is 0 Å². The molecule has 1 aliphatic rings. The molecule has 1 atom stereocenters. The van der Waals surface area contributed by atoms with Crippen LogP contribution in [-0.2, 0) is 4.74 Å². The van der Waals surface area contributed by atoms with Crippen molar-refractivity contribution in [1.29, 1.82) is 0 Å². The molecule has 20 heavy (non-hydrogen) atoms. The van der Waals surface area contributed by atoms with Crippen LogP contribution in [0, 0.1) is 0 Å². The third-order valence-electron chi connectivity index (χ3n) is 4.12. The Morgan fingerprint density at radius 3 is 2.35 bits per heavy atom. The van der Waals surface area contributed by atoms with Gasteiger partial charge in [-0.1, -0.05) is 44.2 Å². The molecule has 0 radical (unpaired) electrons. The van der Waals surface area contributed by atoms with E-state index in [1.165, 1.54) is 5.56 Å². The number of benzene rings is 1. The van der Waals surface area contributed by atoms with Gasteiger partial charge in [-0.25, -0.2) is 0 Å². The first-order valence-corrected chi connectivity index (χ1v) is 7.75. The molecular formula is C17H28N2O. The lowest BCUT2D eigenvalue weighted by Gasteiger charge is -2.41. The average Bonchev–Trinajstić information content (AvgIpc) is 2.47. The van der Waals surface area contributed by atoms with Gasteiger partial charge >= 0.3 is 0 Å². The van der Waals surface area contributed by atoms with E-state index in [4.69, 9.17) is 4.74 Å². The smallest absolute Gasteiger partial charge is 0.0484 e. The van der Waals surface area contributed by atoms with E-state index in [-0.39, 0.29) is 5.54 Å². The maximum atomic E-state index is 5.55. The van der Waals surface area contributed by atoms with Gasteiger partial charge < -0.3 is 15.4 Å². The monoisotopic (exact) mass is 276 g/mol. The zero-order valence-electron chi connectivity index (χ0n) is 13.0. The Morgan fingerprint density at radius 1 is 1.10 bits per heavy atom. The minimum absolute atomic E-state index is 0.151. The standard InChI is InChI=1S/C17H28N2O/c1-14(2)18-13-17(9-11-20-12-10-17)19-15(3)16-7-5-4-6-8-16/h4-8,14-15,18-19H,9-13H2,1-3H3/t15-/m1/s1. The van der Waals surface area contributed by atoms with Crippen molar-refractivity contribution < 1.29 is 4.74 Å². The van der Waals surface area contributed by atoms with Crippen LogP contribution in [0.1, 0.15) is 45.2 Å². The van der Waals surface area contributed by atoms with Crippen LogP contribution in [0.3, 0.4) is 0 Å². The quantitative estimate of drug-likeness (QED) is 0.838. The molecule has 0 spiro atoms. The van der Waals surface area contributed by atoms with Crippen LogP contribution in [0.25, 0.3) is 0 Å². The van der Waals surface area contributed by atoms with Crippen LogP contribution in [0.2, 0.25) is 0 Å². The lowest BCUT2D eigenvalue weighted by molar-refractivity contribution is 0.0331. The Kier molecular flexibility index (Phi) is 5.58. The Morgan fingerprint density at radius 2 is 1.75 bits per heavy atom. The summed E-state index contributed by atoms with van der Waals surface area (Å²) in [6, 6.07) is 11.6. The second-order valence-corrected chi connectivity index (χ2v) is 6.21. The lowest BCUT2D eigenvalue weighted by Crippen LogP contribution is -2.57. The first-order valence-electron chi connectivity index (χ1n) is 7.75. The fraction of sp³-hybridized carbons (Fsp3) is 0.647. The molecular weight excluding hydrogens is 248 g/mol. The molecule has 0 saturated carbocycles. The van der Waals surface area contributed by atoms with Gasteiger partial charge in [0.25, 0.3) is 0 Å². The molecule has 0 unspecified atom stereocenters. The van der Waals surface area contributed by atoms with E-state index in [9.17, 15) is 0 Å². The molecule has 112 valence electrons. The fourth-order valence-corrected chi connectivity index (χ4v) is 2.82. The molecule has 1 fully saturated rings. The molecule has 3 heteroatoms. The second kappa shape index (κ2) is 7.21. The molecule has 0 bridgehead atoms. The maximum Gasteiger partial charge on any atom is 0.0484 e. The van der Waals surface area contributed by atoms with Crippen LogP contribution in [0.15, 0.2) is 30.3 Å². The molecule has 3 nitrogen and oxygen atoms in total. The summed E-state index contributed by atoms with van der Waals surface area (Å²) in [5.41, 5.74) is 1.50. The van der Waals surface area contributed by atoms with Gasteiger partial charge in [-0.15, -0.1) is 0 Å². The summed E-state index contributed by atoms with van der Waals surface area (Å²) in [5.74, 6) is 0. The van der Waals surface area contributed by atoms with Gasteiger partial charge in [0.1, 0.15) is 0 Å². The highest BCUT2D eigenvalue weighted by molar-refractivity contribution is 5.19. The molecule has 1 saturated heterocycles. The largest absolute Gasteiger partial charge is 0.381 e. The zero-order valence-corrected chi connectivity index (χ0v) is 13.0. The van der Waals surface area contributed by atoms with E-state index in [0.717, 1.165) is 32.6 Å². The summed E-state index contributed by atoms with van der Waals surface area (Å²) >= 11 is 0. The van der Waals surface area contributed by atoms with Crippen molar-refractivity contribution in [2.45, 2.75) is 51.2 Å². The maximum absolute atomic E-state index is 5.55. The highest BCUT2D eigenvalue weighted by atomic mass is 16.5. The van der Waals surface area contributed by atoms with E-state index in [0.29, 0.717) is 12.1 Å². The van der Waals surface area contributed by atoms with Crippen LogP contribution in [0.5, 0.6) is 0 Å². The Balaban J connectivity index is 2.03. The van der Waals surface area contributed by atoms with E-state index < -0.39 is 0 Å². The van der Waals surface area contributed by atoms with Crippen LogP contribution >= 0.6 is 0 Å². The van der Waals surface area contributed by atoms with Gasteiger partial charge in [-0.3, -0.25) is 0 Å². The first-order chi connectivity index (χ1) is 9.61. The highest BCUT2D eigenvalue weighted by Crippen LogP contribution is 2.25. The third kappa shape index (κ3) is 4.30. The van der Waals surface area contributed by atoms with E-state index in [1.807, 2.05) is 0 Å². The predicted molar refractivity (Wildman–Crippen MR) is 83.9 cm³/mol. The fourth-order valence-electron chi connectivity index (χ4n) is 2.82. The molecule has 0 aliphatic carbocycles. The number of ether oxygens (including phenoxy) is 1. The van der Waals surface area contributed by atoms with Gasteiger partial charge in [0.15, 0.2) is 0 Å². The van der Waals surface area contributed by atoms with Gasteiger partial charge in [0.05, 0.1) is 0 Å². The Hall–Kier alpha value is -0.900. The van der Waals surface area contributed by atoms with Crippen LogP contribution in [-0.4, -0.2) is 31.3 Å². The lowest BCUT2D eigenvalue weighted by atomic mass is 9.88. The Bertz CT molecular complexity index is 385. The van der Waals surface area contributed by atoms with Gasteiger partial charge in [0.2, 0.25) is 0 Å². The minimum Gasteiger partial charge on any atom is -0.381 e. The summed E-state index contributed by atoms with van der Waals surface area (Å²) in [4.78, 5) is 0. The van der Waals surface area contributed by atoms with Crippen molar-refractivity contribution in [2.24, 2.45) is 0 Å². The number of hydrogen-bond acceptors (Lipinski definition) is 3. The van der Waals surface area contributed by atoms with Crippen molar-refractivity contribution in [1.82, 2.24) is 10.6 Å². The van der Waals surface area contributed by atoms with Gasteiger partial charge in [-0.05, 0) is 25.3 Å².